The van der Waals surface area contributed by atoms with Crippen molar-refractivity contribution in [3.63, 3.8) is 0 Å². The zero-order valence-electron chi connectivity index (χ0n) is 14.9. The van der Waals surface area contributed by atoms with Gasteiger partial charge in [0.2, 0.25) is 15.9 Å². The second-order valence-electron chi connectivity index (χ2n) is 6.71. The van der Waals surface area contributed by atoms with Crippen LogP contribution < -0.4 is 19.1 Å². The van der Waals surface area contributed by atoms with Crippen LogP contribution in [0.4, 0.5) is 5.69 Å². The van der Waals surface area contributed by atoms with Gasteiger partial charge in [-0.25, -0.2) is 13.1 Å². The highest BCUT2D eigenvalue weighted by Gasteiger charge is 2.31. The number of nitrogens with zero attached hydrogens (tertiary/aromatic N) is 1. The lowest BCUT2D eigenvalue weighted by Gasteiger charge is -2.19. The maximum atomic E-state index is 12.6. The van der Waals surface area contributed by atoms with Gasteiger partial charge in [-0.05, 0) is 42.3 Å². The Morgan fingerprint density at radius 2 is 1.79 bits per heavy atom. The summed E-state index contributed by atoms with van der Waals surface area (Å²) in [6.45, 7) is 1.45. The third kappa shape index (κ3) is 3.94. The molecule has 2 aromatic carbocycles. The fraction of sp³-hybridized carbons (Fsp3) is 0.316. The molecule has 1 fully saturated rings. The Balaban J connectivity index is 1.41. The average Bonchev–Trinajstić information content (AvgIpc) is 3.07. The van der Waals surface area contributed by atoms with Crippen LogP contribution in [-0.4, -0.2) is 40.6 Å². The molecule has 0 unspecified atom stereocenters. The Labute approximate surface area is 168 Å². The van der Waals surface area contributed by atoms with E-state index in [1.165, 1.54) is 12.1 Å². The summed E-state index contributed by atoms with van der Waals surface area (Å²) < 4.78 is 38.7. The molecular weight excluding hydrogens is 404 g/mol. The molecule has 1 saturated heterocycles. The van der Waals surface area contributed by atoms with Crippen LogP contribution in [0.3, 0.4) is 0 Å². The van der Waals surface area contributed by atoms with E-state index in [-0.39, 0.29) is 29.7 Å². The maximum absolute atomic E-state index is 12.6. The molecule has 1 amide bonds. The molecule has 1 atom stereocenters. The van der Waals surface area contributed by atoms with Crippen molar-refractivity contribution in [2.75, 3.05) is 31.2 Å². The normalized spacial score (nSPS) is 19.1. The monoisotopic (exact) mass is 422 g/mol. The van der Waals surface area contributed by atoms with E-state index in [0.29, 0.717) is 36.3 Å². The van der Waals surface area contributed by atoms with Crippen LogP contribution in [0.2, 0.25) is 5.02 Å². The van der Waals surface area contributed by atoms with E-state index in [1.54, 1.807) is 35.2 Å². The molecule has 0 radical (unpaired) electrons. The minimum absolute atomic E-state index is 0.0363. The van der Waals surface area contributed by atoms with E-state index < -0.39 is 10.0 Å². The largest absolute Gasteiger partial charge is 0.486 e. The number of hydrogen-bond donors (Lipinski definition) is 1. The number of benzene rings is 2. The predicted molar refractivity (Wildman–Crippen MR) is 105 cm³/mol. The van der Waals surface area contributed by atoms with Gasteiger partial charge in [-0.2, -0.15) is 0 Å². The number of fused-ring (bicyclic) bond motifs is 1. The molecular formula is C19H19ClN2O5S. The lowest BCUT2D eigenvalue weighted by atomic mass is 10.1. The van der Waals surface area contributed by atoms with E-state index >= 15 is 0 Å². The molecule has 2 aromatic rings. The van der Waals surface area contributed by atoms with Crippen LogP contribution in [0.1, 0.15) is 6.42 Å². The fourth-order valence-electron chi connectivity index (χ4n) is 3.29. The number of rotatable bonds is 5. The van der Waals surface area contributed by atoms with Gasteiger partial charge >= 0.3 is 0 Å². The maximum Gasteiger partial charge on any atom is 0.240 e. The summed E-state index contributed by atoms with van der Waals surface area (Å²) >= 11 is 5.89. The second kappa shape index (κ2) is 7.62. The van der Waals surface area contributed by atoms with Gasteiger partial charge in [-0.3, -0.25) is 4.79 Å². The van der Waals surface area contributed by atoms with E-state index in [2.05, 4.69) is 4.72 Å². The van der Waals surface area contributed by atoms with Crippen LogP contribution in [0.5, 0.6) is 11.5 Å². The van der Waals surface area contributed by atoms with Gasteiger partial charge in [0, 0.05) is 36.3 Å². The van der Waals surface area contributed by atoms with Gasteiger partial charge in [0.15, 0.2) is 11.5 Å². The Kier molecular flexibility index (Phi) is 5.18. The molecule has 0 saturated carbocycles. The summed E-state index contributed by atoms with van der Waals surface area (Å²) in [5.41, 5.74) is 0.756. The molecule has 0 bridgehead atoms. The number of amides is 1. The number of carbonyl (C=O) groups is 1. The molecule has 28 heavy (non-hydrogen) atoms. The molecule has 2 aliphatic rings. The van der Waals surface area contributed by atoms with Crippen molar-refractivity contribution in [3.05, 3.63) is 47.5 Å². The van der Waals surface area contributed by atoms with Gasteiger partial charge < -0.3 is 14.4 Å². The molecule has 0 spiro atoms. The zero-order valence-corrected chi connectivity index (χ0v) is 16.5. The van der Waals surface area contributed by atoms with E-state index in [9.17, 15) is 13.2 Å². The first-order valence-electron chi connectivity index (χ1n) is 8.87. The summed E-state index contributed by atoms with van der Waals surface area (Å²) in [7, 11) is -3.72. The van der Waals surface area contributed by atoms with Crippen LogP contribution in [0.15, 0.2) is 47.4 Å². The third-order valence-corrected chi connectivity index (χ3v) is 6.40. The van der Waals surface area contributed by atoms with Gasteiger partial charge in [0.1, 0.15) is 13.2 Å². The van der Waals surface area contributed by atoms with Crippen LogP contribution in [-0.2, 0) is 14.8 Å². The average molecular weight is 423 g/mol. The highest BCUT2D eigenvalue weighted by Crippen LogP contribution is 2.32. The lowest BCUT2D eigenvalue weighted by Crippen LogP contribution is -2.31. The number of halogens is 1. The molecule has 2 heterocycles. The third-order valence-electron chi connectivity index (χ3n) is 4.73. The number of anilines is 1. The summed E-state index contributed by atoms with van der Waals surface area (Å²) in [6.07, 6.45) is 0.284. The smallest absolute Gasteiger partial charge is 0.240 e. The molecule has 148 valence electrons. The Hall–Kier alpha value is -2.29. The first-order chi connectivity index (χ1) is 13.4. The standard InChI is InChI=1S/C19H19ClN2O5S/c20-14-1-3-15(4-2-14)22-12-13(9-19(22)23)11-21-28(24,25)16-5-6-17-18(10-16)27-8-7-26-17/h1-6,10,13,21H,7-9,11-12H2/t13-/m1/s1. The minimum Gasteiger partial charge on any atom is -0.486 e. The van der Waals surface area contributed by atoms with E-state index in [1.807, 2.05) is 0 Å². The summed E-state index contributed by atoms with van der Waals surface area (Å²) in [5.74, 6) is 0.797. The van der Waals surface area contributed by atoms with Crippen molar-refractivity contribution in [1.29, 1.82) is 0 Å². The van der Waals surface area contributed by atoms with Gasteiger partial charge in [-0.15, -0.1) is 0 Å². The lowest BCUT2D eigenvalue weighted by molar-refractivity contribution is -0.117. The van der Waals surface area contributed by atoms with Crippen molar-refractivity contribution in [2.24, 2.45) is 5.92 Å². The molecule has 9 heteroatoms. The van der Waals surface area contributed by atoms with Crippen molar-refractivity contribution in [3.8, 4) is 11.5 Å². The Bertz CT molecular complexity index is 994. The van der Waals surface area contributed by atoms with Crippen molar-refractivity contribution < 1.29 is 22.7 Å². The van der Waals surface area contributed by atoms with Crippen LogP contribution >= 0.6 is 11.6 Å². The van der Waals surface area contributed by atoms with Gasteiger partial charge in [0.05, 0.1) is 4.90 Å². The SMILES string of the molecule is O=C1C[C@H](CNS(=O)(=O)c2ccc3c(c2)OCCO3)CN1c1ccc(Cl)cc1. The van der Waals surface area contributed by atoms with Crippen LogP contribution in [0.25, 0.3) is 0 Å². The highest BCUT2D eigenvalue weighted by molar-refractivity contribution is 7.89. The highest BCUT2D eigenvalue weighted by atomic mass is 35.5. The first-order valence-corrected chi connectivity index (χ1v) is 10.7. The first kappa shape index (κ1) is 19.0. The van der Waals surface area contributed by atoms with E-state index in [0.717, 1.165) is 5.69 Å². The minimum atomic E-state index is -3.72. The summed E-state index contributed by atoms with van der Waals surface area (Å²) in [5, 5.41) is 0.596. The predicted octanol–water partition coefficient (Wildman–Crippen LogP) is 2.44. The number of ether oxygens (including phenoxy) is 2. The molecule has 0 aromatic heterocycles. The van der Waals surface area contributed by atoms with Crippen molar-refractivity contribution in [2.45, 2.75) is 11.3 Å². The molecule has 7 nitrogen and oxygen atoms in total. The van der Waals surface area contributed by atoms with Crippen molar-refractivity contribution >= 4 is 33.2 Å². The van der Waals surface area contributed by atoms with Gasteiger partial charge in [0.25, 0.3) is 0 Å². The number of hydrogen-bond acceptors (Lipinski definition) is 5. The zero-order chi connectivity index (χ0) is 19.7. The molecule has 0 aliphatic carbocycles. The summed E-state index contributed by atoms with van der Waals surface area (Å²) in [4.78, 5) is 14.1. The number of carbonyl (C=O) groups excluding carboxylic acids is 1. The van der Waals surface area contributed by atoms with Crippen molar-refractivity contribution in [1.82, 2.24) is 4.72 Å². The number of sulfonamides is 1. The van der Waals surface area contributed by atoms with Gasteiger partial charge in [-0.1, -0.05) is 11.6 Å². The Morgan fingerprint density at radius 3 is 2.54 bits per heavy atom. The van der Waals surface area contributed by atoms with Crippen LogP contribution in [0, 0.1) is 5.92 Å². The second-order valence-corrected chi connectivity index (χ2v) is 8.91. The quantitative estimate of drug-likeness (QED) is 0.800. The van der Waals surface area contributed by atoms with E-state index in [4.69, 9.17) is 21.1 Å². The fourth-order valence-corrected chi connectivity index (χ4v) is 4.55. The molecule has 4 rings (SSSR count). The summed E-state index contributed by atoms with van der Waals surface area (Å²) in [6, 6.07) is 11.5. The topological polar surface area (TPSA) is 84.9 Å². The molecule has 1 N–H and O–H groups in total. The number of nitrogens with one attached hydrogen (secondary N) is 1. The molecule has 2 aliphatic heterocycles. The Morgan fingerprint density at radius 1 is 1.07 bits per heavy atom.